The fourth-order valence-electron chi connectivity index (χ4n) is 1.84. The summed E-state index contributed by atoms with van der Waals surface area (Å²) >= 11 is 3.43. The molecule has 0 radical (unpaired) electrons. The van der Waals surface area contributed by atoms with Crippen LogP contribution in [0.2, 0.25) is 0 Å². The molecule has 0 aromatic heterocycles. The molecule has 1 aromatic rings. The molecule has 16 heavy (non-hydrogen) atoms. The Morgan fingerprint density at radius 2 is 2.31 bits per heavy atom. The van der Waals surface area contributed by atoms with E-state index in [1.165, 1.54) is 0 Å². The number of ether oxygens (including phenoxy) is 1. The van der Waals surface area contributed by atoms with E-state index in [1.54, 1.807) is 0 Å². The Morgan fingerprint density at radius 1 is 1.56 bits per heavy atom. The molecule has 1 heterocycles. The lowest BCUT2D eigenvalue weighted by molar-refractivity contribution is -0.119. The van der Waals surface area contributed by atoms with Crippen LogP contribution in [0.1, 0.15) is 11.1 Å². The molecule has 1 unspecified atom stereocenters. The van der Waals surface area contributed by atoms with Crippen LogP contribution in [-0.4, -0.2) is 18.6 Å². The van der Waals surface area contributed by atoms with Gasteiger partial charge in [-0.05, 0) is 23.3 Å². The van der Waals surface area contributed by atoms with Crippen molar-refractivity contribution in [1.82, 2.24) is 0 Å². The molecule has 0 fully saturated rings. The van der Waals surface area contributed by atoms with Crippen LogP contribution in [0, 0.1) is 0 Å². The first-order valence-corrected chi connectivity index (χ1v) is 5.86. The minimum absolute atomic E-state index is 0.414. The van der Waals surface area contributed by atoms with Crippen LogP contribution >= 0.6 is 15.9 Å². The van der Waals surface area contributed by atoms with E-state index >= 15 is 0 Å². The van der Waals surface area contributed by atoms with Gasteiger partial charge < -0.3 is 16.2 Å². The number of halogens is 1. The average molecular weight is 285 g/mol. The van der Waals surface area contributed by atoms with E-state index in [0.717, 1.165) is 27.8 Å². The van der Waals surface area contributed by atoms with Crippen LogP contribution in [0.15, 0.2) is 16.6 Å². The third-order valence-corrected chi connectivity index (χ3v) is 3.09. The second-order valence-corrected chi connectivity index (χ2v) is 4.78. The number of primary amides is 1. The molecular weight excluding hydrogens is 272 g/mol. The van der Waals surface area contributed by atoms with Crippen molar-refractivity contribution in [3.63, 3.8) is 0 Å². The molecule has 1 amide bonds. The second-order valence-electron chi connectivity index (χ2n) is 3.86. The van der Waals surface area contributed by atoms with Crippen molar-refractivity contribution in [2.24, 2.45) is 11.5 Å². The predicted octanol–water partition coefficient (Wildman–Crippen LogP) is 0.739. The van der Waals surface area contributed by atoms with Crippen LogP contribution in [0.25, 0.3) is 0 Å². The smallest absolute Gasteiger partial charge is 0.234 e. The molecule has 0 aliphatic carbocycles. The number of hydrogen-bond donors (Lipinski definition) is 2. The summed E-state index contributed by atoms with van der Waals surface area (Å²) in [6, 6.07) is 3.29. The molecule has 5 heteroatoms. The maximum absolute atomic E-state index is 10.9. The van der Waals surface area contributed by atoms with Crippen LogP contribution in [-0.2, 0) is 17.6 Å². The van der Waals surface area contributed by atoms with Crippen molar-refractivity contribution in [2.45, 2.75) is 18.9 Å². The largest absolute Gasteiger partial charge is 0.493 e. The van der Waals surface area contributed by atoms with Gasteiger partial charge in [-0.3, -0.25) is 4.79 Å². The van der Waals surface area contributed by atoms with Crippen molar-refractivity contribution in [3.8, 4) is 5.75 Å². The van der Waals surface area contributed by atoms with E-state index in [-0.39, 0.29) is 0 Å². The molecule has 4 N–H and O–H groups in total. The molecule has 0 saturated heterocycles. The van der Waals surface area contributed by atoms with Gasteiger partial charge in [-0.1, -0.05) is 15.9 Å². The summed E-state index contributed by atoms with van der Waals surface area (Å²) < 4.78 is 6.51. The van der Waals surface area contributed by atoms with Crippen molar-refractivity contribution in [3.05, 3.63) is 27.7 Å². The maximum atomic E-state index is 10.9. The van der Waals surface area contributed by atoms with Gasteiger partial charge in [0.05, 0.1) is 12.6 Å². The summed E-state index contributed by atoms with van der Waals surface area (Å²) in [5.41, 5.74) is 12.9. The van der Waals surface area contributed by atoms with E-state index in [4.69, 9.17) is 16.2 Å². The lowest BCUT2D eigenvalue weighted by Gasteiger charge is -2.12. The van der Waals surface area contributed by atoms with Crippen molar-refractivity contribution in [1.29, 1.82) is 0 Å². The summed E-state index contributed by atoms with van der Waals surface area (Å²) in [5, 5.41) is 0. The van der Waals surface area contributed by atoms with Gasteiger partial charge in [-0.2, -0.15) is 0 Å². The Hall–Kier alpha value is -1.07. The summed E-state index contributed by atoms with van der Waals surface area (Å²) in [5.74, 6) is 0.367. The maximum Gasteiger partial charge on any atom is 0.234 e. The molecule has 2 rings (SSSR count). The van der Waals surface area contributed by atoms with Crippen LogP contribution in [0.4, 0.5) is 0 Å². The van der Waals surface area contributed by atoms with E-state index in [1.807, 2.05) is 12.1 Å². The van der Waals surface area contributed by atoms with Crippen LogP contribution < -0.4 is 16.2 Å². The van der Waals surface area contributed by atoms with Gasteiger partial charge in [0.25, 0.3) is 0 Å². The van der Waals surface area contributed by atoms with Crippen molar-refractivity contribution >= 4 is 21.8 Å². The van der Waals surface area contributed by atoms with E-state index in [9.17, 15) is 4.79 Å². The Bertz CT molecular complexity index is 434. The Balaban J connectivity index is 2.30. The Morgan fingerprint density at radius 3 is 3.00 bits per heavy atom. The summed E-state index contributed by atoms with van der Waals surface area (Å²) in [6.07, 6.45) is 1.31. The fourth-order valence-corrected chi connectivity index (χ4v) is 2.39. The molecule has 0 bridgehead atoms. The quantitative estimate of drug-likeness (QED) is 0.859. The topological polar surface area (TPSA) is 78.3 Å². The highest BCUT2D eigenvalue weighted by Gasteiger charge is 2.20. The van der Waals surface area contributed by atoms with Crippen molar-refractivity contribution < 1.29 is 9.53 Å². The standard InChI is InChI=1S/C11H13BrN2O2/c12-8-3-6-1-2-16-10(6)7(4-8)5-9(13)11(14)15/h3-4,9H,1-2,5,13H2,(H2,14,15). The number of nitrogens with two attached hydrogens (primary N) is 2. The molecular formula is C11H13BrN2O2. The van der Waals surface area contributed by atoms with Gasteiger partial charge in [0.2, 0.25) is 5.91 Å². The van der Waals surface area contributed by atoms with Gasteiger partial charge in [-0.15, -0.1) is 0 Å². The zero-order valence-corrected chi connectivity index (χ0v) is 10.3. The molecule has 0 spiro atoms. The first-order chi connectivity index (χ1) is 7.58. The number of benzene rings is 1. The van der Waals surface area contributed by atoms with Crippen molar-refractivity contribution in [2.75, 3.05) is 6.61 Å². The van der Waals surface area contributed by atoms with Gasteiger partial charge in [0.15, 0.2) is 0 Å². The van der Waals surface area contributed by atoms with Crippen LogP contribution in [0.5, 0.6) is 5.75 Å². The van der Waals surface area contributed by atoms with Gasteiger partial charge in [-0.25, -0.2) is 0 Å². The molecule has 1 atom stereocenters. The number of fused-ring (bicyclic) bond motifs is 1. The summed E-state index contributed by atoms with van der Waals surface area (Å²) in [7, 11) is 0. The second kappa shape index (κ2) is 4.43. The van der Waals surface area contributed by atoms with Gasteiger partial charge in [0.1, 0.15) is 5.75 Å². The first-order valence-electron chi connectivity index (χ1n) is 5.07. The van der Waals surface area contributed by atoms with Gasteiger partial charge >= 0.3 is 0 Å². The molecule has 1 aliphatic rings. The van der Waals surface area contributed by atoms with Gasteiger partial charge in [0, 0.05) is 17.3 Å². The number of hydrogen-bond acceptors (Lipinski definition) is 3. The number of rotatable bonds is 3. The number of carbonyl (C=O) groups is 1. The molecule has 86 valence electrons. The van der Waals surface area contributed by atoms with E-state index < -0.39 is 11.9 Å². The average Bonchev–Trinajstić information content (AvgIpc) is 2.65. The fraction of sp³-hybridized carbons (Fsp3) is 0.364. The predicted molar refractivity (Wildman–Crippen MR) is 64.2 cm³/mol. The monoisotopic (exact) mass is 284 g/mol. The lowest BCUT2D eigenvalue weighted by Crippen LogP contribution is -2.38. The molecule has 1 aliphatic heterocycles. The lowest BCUT2D eigenvalue weighted by atomic mass is 10.0. The Labute approximate surface area is 102 Å². The number of carbonyl (C=O) groups excluding carboxylic acids is 1. The highest BCUT2D eigenvalue weighted by atomic mass is 79.9. The molecule has 1 aromatic carbocycles. The van der Waals surface area contributed by atoms with Crippen LogP contribution in [0.3, 0.4) is 0 Å². The minimum atomic E-state index is -0.664. The van der Waals surface area contributed by atoms with E-state index in [0.29, 0.717) is 13.0 Å². The third-order valence-electron chi connectivity index (χ3n) is 2.63. The molecule has 0 saturated carbocycles. The zero-order valence-electron chi connectivity index (χ0n) is 8.70. The summed E-state index contributed by atoms with van der Waals surface area (Å²) in [6.45, 7) is 0.685. The first kappa shape index (κ1) is 11.4. The highest BCUT2D eigenvalue weighted by molar-refractivity contribution is 9.10. The SMILES string of the molecule is NC(=O)C(N)Cc1cc(Br)cc2c1OCC2. The molecule has 4 nitrogen and oxygen atoms in total. The summed E-state index contributed by atoms with van der Waals surface area (Å²) in [4.78, 5) is 10.9. The minimum Gasteiger partial charge on any atom is -0.493 e. The normalized spacial score (nSPS) is 15.4. The Kier molecular flexibility index (Phi) is 3.16. The zero-order chi connectivity index (χ0) is 11.7. The third kappa shape index (κ3) is 2.20. The highest BCUT2D eigenvalue weighted by Crippen LogP contribution is 2.33. The number of amides is 1. The van der Waals surface area contributed by atoms with E-state index in [2.05, 4.69) is 15.9 Å².